The minimum atomic E-state index is -0.570. The number of carbonyl (C=O) groups is 1. The van der Waals surface area contributed by atoms with Gasteiger partial charge in [0.2, 0.25) is 5.91 Å². The minimum Gasteiger partial charge on any atom is -0.322 e. The molecular formula is C28H24F2N4O2. The maximum absolute atomic E-state index is 14.0. The van der Waals surface area contributed by atoms with E-state index in [2.05, 4.69) is 22.3 Å². The van der Waals surface area contributed by atoms with Gasteiger partial charge < -0.3 is 5.32 Å². The van der Waals surface area contributed by atoms with Gasteiger partial charge in [0, 0.05) is 30.8 Å². The van der Waals surface area contributed by atoms with Crippen molar-refractivity contribution in [1.82, 2.24) is 14.5 Å². The van der Waals surface area contributed by atoms with Crippen molar-refractivity contribution in [3.05, 3.63) is 118 Å². The maximum Gasteiger partial charge on any atom is 0.257 e. The number of benzene rings is 3. The molecule has 8 heteroatoms. The van der Waals surface area contributed by atoms with Crippen LogP contribution in [0.5, 0.6) is 0 Å². The lowest BCUT2D eigenvalue weighted by atomic mass is 10.0. The molecule has 3 aromatic carbocycles. The summed E-state index contributed by atoms with van der Waals surface area (Å²) in [5.41, 5.74) is 2.59. The monoisotopic (exact) mass is 486 g/mol. The summed E-state index contributed by atoms with van der Waals surface area (Å²) in [5.74, 6) is -1.28. The third-order valence-corrected chi connectivity index (χ3v) is 6.20. The predicted octanol–water partition coefficient (Wildman–Crippen LogP) is 4.39. The van der Waals surface area contributed by atoms with Gasteiger partial charge in [0.25, 0.3) is 5.56 Å². The van der Waals surface area contributed by atoms with E-state index >= 15 is 0 Å². The molecule has 2 heterocycles. The second kappa shape index (κ2) is 10.2. The number of hydrogen-bond donors (Lipinski definition) is 1. The molecule has 182 valence electrons. The quantitative estimate of drug-likeness (QED) is 0.439. The highest BCUT2D eigenvalue weighted by Crippen LogP contribution is 2.23. The van der Waals surface area contributed by atoms with Gasteiger partial charge in [-0.05, 0) is 48.4 Å². The van der Waals surface area contributed by atoms with Crippen molar-refractivity contribution >= 4 is 11.6 Å². The van der Waals surface area contributed by atoms with Crippen LogP contribution in [0, 0.1) is 11.6 Å². The minimum absolute atomic E-state index is 0.0290. The largest absolute Gasteiger partial charge is 0.322 e. The van der Waals surface area contributed by atoms with Gasteiger partial charge in [-0.1, -0.05) is 42.5 Å². The number of rotatable bonds is 6. The molecule has 1 aliphatic rings. The normalized spacial score (nSPS) is 13.3. The zero-order valence-electron chi connectivity index (χ0n) is 19.5. The van der Waals surface area contributed by atoms with Gasteiger partial charge in [-0.15, -0.1) is 0 Å². The molecule has 36 heavy (non-hydrogen) atoms. The second-order valence-corrected chi connectivity index (χ2v) is 8.73. The molecule has 0 atom stereocenters. The number of carbonyl (C=O) groups excluding carboxylic acids is 1. The van der Waals surface area contributed by atoms with E-state index in [1.165, 1.54) is 47.0 Å². The number of fused-ring (bicyclic) bond motifs is 1. The average Bonchev–Trinajstić information content (AvgIpc) is 2.88. The zero-order valence-corrected chi connectivity index (χ0v) is 19.5. The first-order valence-electron chi connectivity index (χ1n) is 11.7. The standard InChI is InChI=1S/C28H24F2N4O2/c29-21-12-10-20(11-13-21)27-32-25-17-33(16-19-6-2-1-3-7-19)15-14-22(25)28(36)34(27)18-26(35)31-24-9-5-4-8-23(24)30/h1-13H,14-18H2,(H,31,35). The van der Waals surface area contributed by atoms with E-state index in [0.717, 1.165) is 12.1 Å². The Morgan fingerprint density at radius 3 is 2.42 bits per heavy atom. The highest BCUT2D eigenvalue weighted by atomic mass is 19.1. The Kier molecular flexibility index (Phi) is 6.69. The Morgan fingerprint density at radius 2 is 1.67 bits per heavy atom. The van der Waals surface area contributed by atoms with Gasteiger partial charge in [0.1, 0.15) is 24.0 Å². The van der Waals surface area contributed by atoms with E-state index in [4.69, 9.17) is 4.98 Å². The molecule has 0 saturated heterocycles. The summed E-state index contributed by atoms with van der Waals surface area (Å²) >= 11 is 0. The van der Waals surface area contributed by atoms with Crippen molar-refractivity contribution in [2.45, 2.75) is 26.1 Å². The van der Waals surface area contributed by atoms with Crippen LogP contribution in [-0.4, -0.2) is 26.9 Å². The third-order valence-electron chi connectivity index (χ3n) is 6.20. The van der Waals surface area contributed by atoms with Gasteiger partial charge >= 0.3 is 0 Å². The number of aromatic nitrogens is 2. The van der Waals surface area contributed by atoms with Crippen LogP contribution in [0.3, 0.4) is 0 Å². The van der Waals surface area contributed by atoms with Gasteiger partial charge in [-0.25, -0.2) is 13.8 Å². The van der Waals surface area contributed by atoms with Crippen molar-refractivity contribution in [2.75, 3.05) is 11.9 Å². The van der Waals surface area contributed by atoms with Crippen molar-refractivity contribution < 1.29 is 13.6 Å². The summed E-state index contributed by atoms with van der Waals surface area (Å²) < 4.78 is 28.9. The van der Waals surface area contributed by atoms with E-state index in [0.29, 0.717) is 36.3 Å². The van der Waals surface area contributed by atoms with Gasteiger partial charge in [-0.3, -0.25) is 19.1 Å². The number of anilines is 1. The van der Waals surface area contributed by atoms with Crippen molar-refractivity contribution in [1.29, 1.82) is 0 Å². The molecule has 0 saturated carbocycles. The summed E-state index contributed by atoms with van der Waals surface area (Å²) in [7, 11) is 0. The summed E-state index contributed by atoms with van der Waals surface area (Å²) in [6.07, 6.45) is 0.493. The summed E-state index contributed by atoms with van der Waals surface area (Å²) in [4.78, 5) is 33.4. The lowest BCUT2D eigenvalue weighted by Crippen LogP contribution is -2.39. The van der Waals surface area contributed by atoms with Crippen molar-refractivity contribution in [3.8, 4) is 11.4 Å². The average molecular weight is 487 g/mol. The fourth-order valence-electron chi connectivity index (χ4n) is 4.42. The lowest BCUT2D eigenvalue weighted by Gasteiger charge is -2.29. The summed E-state index contributed by atoms with van der Waals surface area (Å²) in [5, 5.41) is 2.52. The van der Waals surface area contributed by atoms with Crippen molar-refractivity contribution in [2.24, 2.45) is 0 Å². The number of nitrogens with one attached hydrogen (secondary N) is 1. The number of halogens is 2. The fraction of sp³-hybridized carbons (Fsp3) is 0.179. The summed E-state index contributed by atoms with van der Waals surface area (Å²) in [6, 6.07) is 21.5. The molecule has 0 fully saturated rings. The first kappa shape index (κ1) is 23.6. The van der Waals surface area contributed by atoms with Crippen LogP contribution >= 0.6 is 0 Å². The third kappa shape index (κ3) is 5.08. The van der Waals surface area contributed by atoms with Crippen LogP contribution in [0.25, 0.3) is 11.4 Å². The van der Waals surface area contributed by atoms with Crippen LogP contribution in [0.15, 0.2) is 83.7 Å². The number of amides is 1. The first-order chi connectivity index (χ1) is 17.5. The van der Waals surface area contributed by atoms with Crippen LogP contribution in [0.4, 0.5) is 14.5 Å². The van der Waals surface area contributed by atoms with E-state index < -0.39 is 17.5 Å². The van der Waals surface area contributed by atoms with Gasteiger partial charge in [0.15, 0.2) is 0 Å². The topological polar surface area (TPSA) is 67.2 Å². The van der Waals surface area contributed by atoms with E-state index in [-0.39, 0.29) is 23.6 Å². The molecule has 1 aromatic heterocycles. The van der Waals surface area contributed by atoms with Crippen LogP contribution in [0.2, 0.25) is 0 Å². The Morgan fingerprint density at radius 1 is 0.944 bits per heavy atom. The molecule has 0 radical (unpaired) electrons. The maximum atomic E-state index is 14.0. The lowest BCUT2D eigenvalue weighted by molar-refractivity contribution is -0.116. The SMILES string of the molecule is O=C(Cn1c(-c2ccc(F)cc2)nc2c(c1=O)CCN(Cc1ccccc1)C2)Nc1ccccc1F. The van der Waals surface area contributed by atoms with Crippen LogP contribution in [-0.2, 0) is 30.8 Å². The number of hydrogen-bond acceptors (Lipinski definition) is 4. The Labute approximate surface area is 206 Å². The number of nitrogens with zero attached hydrogens (tertiary/aromatic N) is 3. The highest BCUT2D eigenvalue weighted by molar-refractivity contribution is 5.91. The molecule has 0 bridgehead atoms. The van der Waals surface area contributed by atoms with Crippen molar-refractivity contribution in [3.63, 3.8) is 0 Å². The second-order valence-electron chi connectivity index (χ2n) is 8.73. The molecule has 0 spiro atoms. The molecule has 5 rings (SSSR count). The van der Waals surface area contributed by atoms with Crippen LogP contribution in [0.1, 0.15) is 16.8 Å². The Balaban J connectivity index is 1.49. The summed E-state index contributed by atoms with van der Waals surface area (Å²) in [6.45, 7) is 1.53. The highest BCUT2D eigenvalue weighted by Gasteiger charge is 2.25. The van der Waals surface area contributed by atoms with E-state index in [9.17, 15) is 18.4 Å². The molecule has 4 aromatic rings. The van der Waals surface area contributed by atoms with Gasteiger partial charge in [-0.2, -0.15) is 0 Å². The Bertz CT molecular complexity index is 1450. The van der Waals surface area contributed by atoms with Crippen LogP contribution < -0.4 is 10.9 Å². The smallest absolute Gasteiger partial charge is 0.257 e. The number of para-hydroxylation sites is 1. The molecule has 0 unspecified atom stereocenters. The molecule has 1 aliphatic heterocycles. The zero-order chi connectivity index (χ0) is 25.1. The molecular weight excluding hydrogens is 462 g/mol. The molecule has 1 amide bonds. The first-order valence-corrected chi connectivity index (χ1v) is 11.7. The molecule has 6 nitrogen and oxygen atoms in total. The Hall–Kier alpha value is -4.17. The molecule has 0 aliphatic carbocycles. The van der Waals surface area contributed by atoms with E-state index in [1.807, 2.05) is 18.2 Å². The fourth-order valence-corrected chi connectivity index (χ4v) is 4.42. The molecule has 1 N–H and O–H groups in total. The van der Waals surface area contributed by atoms with Gasteiger partial charge in [0.05, 0.1) is 11.4 Å². The predicted molar refractivity (Wildman–Crippen MR) is 133 cm³/mol. The van der Waals surface area contributed by atoms with E-state index in [1.54, 1.807) is 6.07 Å².